The highest BCUT2D eigenvalue weighted by atomic mass is 32.1. The lowest BCUT2D eigenvalue weighted by atomic mass is 9.88. The summed E-state index contributed by atoms with van der Waals surface area (Å²) in [5.41, 5.74) is 4.01. The van der Waals surface area contributed by atoms with Crippen LogP contribution in [-0.4, -0.2) is 87.4 Å². The number of phenolic OH excluding ortho intramolecular Hbond substituents is 1. The summed E-state index contributed by atoms with van der Waals surface area (Å²) in [5, 5.41) is 25.0. The van der Waals surface area contributed by atoms with Gasteiger partial charge in [0.15, 0.2) is 0 Å². The molecule has 2 aliphatic rings. The van der Waals surface area contributed by atoms with E-state index in [4.69, 9.17) is 4.74 Å². The molecule has 1 atom stereocenters. The molecule has 3 aromatic carbocycles. The van der Waals surface area contributed by atoms with E-state index in [1.807, 2.05) is 41.4 Å². The second-order valence-corrected chi connectivity index (χ2v) is 13.6. The molecule has 2 saturated heterocycles. The van der Waals surface area contributed by atoms with Crippen molar-refractivity contribution in [2.24, 2.45) is 0 Å². The van der Waals surface area contributed by atoms with E-state index in [1.165, 1.54) is 6.07 Å². The van der Waals surface area contributed by atoms with Crippen LogP contribution in [0.15, 0.2) is 65.6 Å². The van der Waals surface area contributed by atoms with Gasteiger partial charge < -0.3 is 35.1 Å². The molecule has 1 spiro atoms. The summed E-state index contributed by atoms with van der Waals surface area (Å²) in [6, 6.07) is 16.0. The van der Waals surface area contributed by atoms with Gasteiger partial charge in [0.1, 0.15) is 17.1 Å². The maximum absolute atomic E-state index is 14.6. The summed E-state index contributed by atoms with van der Waals surface area (Å²) >= 11 is 0.954. The quantitative estimate of drug-likeness (QED) is 0.149. The Labute approximate surface area is 274 Å². The number of morpholine rings is 1. The molecular weight excluding hydrogens is 621 g/mol. The fraction of sp³-hybridized carbons (Fsp3) is 0.371. The first-order valence-electron chi connectivity index (χ1n) is 16.0. The van der Waals surface area contributed by atoms with Crippen LogP contribution < -0.4 is 10.2 Å². The number of aromatic nitrogens is 2. The Balaban J connectivity index is 0.905. The predicted molar refractivity (Wildman–Crippen MR) is 179 cm³/mol. The van der Waals surface area contributed by atoms with Gasteiger partial charge in [0, 0.05) is 61.0 Å². The molecule has 2 aliphatic heterocycles. The monoisotopic (exact) mass is 659 g/mol. The Morgan fingerprint density at radius 2 is 1.91 bits per heavy atom. The number of hydrogen-bond acceptors (Lipinski definition) is 8. The minimum Gasteiger partial charge on any atom is -0.506 e. The van der Waals surface area contributed by atoms with Crippen LogP contribution in [0.2, 0.25) is 0 Å². The largest absolute Gasteiger partial charge is 0.506 e. The minimum atomic E-state index is -0.873. The van der Waals surface area contributed by atoms with Gasteiger partial charge in [0.2, 0.25) is 0 Å². The maximum atomic E-state index is 14.6. The molecule has 5 aromatic rings. The number of nitrogens with one attached hydrogen (secondary N) is 3. The van der Waals surface area contributed by atoms with Crippen LogP contribution in [0.25, 0.3) is 21.1 Å². The van der Waals surface area contributed by atoms with Gasteiger partial charge >= 0.3 is 4.87 Å². The van der Waals surface area contributed by atoms with Gasteiger partial charge in [-0.05, 0) is 79.4 Å². The molecule has 0 bridgehead atoms. The van der Waals surface area contributed by atoms with Crippen LogP contribution in [0, 0.1) is 5.82 Å². The van der Waals surface area contributed by atoms with Gasteiger partial charge in [0.05, 0.1) is 29.6 Å². The van der Waals surface area contributed by atoms with Gasteiger partial charge in [-0.25, -0.2) is 4.39 Å². The molecule has 1 amide bonds. The number of aromatic hydroxyl groups is 1. The number of thiazole rings is 1. The van der Waals surface area contributed by atoms with E-state index in [0.717, 1.165) is 59.3 Å². The van der Waals surface area contributed by atoms with Gasteiger partial charge in [-0.3, -0.25) is 14.5 Å². The van der Waals surface area contributed by atoms with E-state index in [0.29, 0.717) is 60.6 Å². The molecule has 12 heteroatoms. The number of rotatable bonds is 9. The van der Waals surface area contributed by atoms with Gasteiger partial charge in [-0.1, -0.05) is 23.5 Å². The zero-order chi connectivity index (χ0) is 32.5. The lowest BCUT2D eigenvalue weighted by Gasteiger charge is -2.47. The van der Waals surface area contributed by atoms with E-state index >= 15 is 0 Å². The van der Waals surface area contributed by atoms with Crippen LogP contribution in [0.5, 0.6) is 5.75 Å². The van der Waals surface area contributed by atoms with Crippen molar-refractivity contribution in [3.05, 3.63) is 98.5 Å². The Bertz CT molecular complexity index is 1960. The summed E-state index contributed by atoms with van der Waals surface area (Å²) in [6.07, 6.45) is 3.19. The second-order valence-electron chi connectivity index (χ2n) is 12.6. The number of halogens is 1. The van der Waals surface area contributed by atoms with E-state index in [-0.39, 0.29) is 34.5 Å². The van der Waals surface area contributed by atoms with Crippen molar-refractivity contribution < 1.29 is 24.1 Å². The number of ether oxygens (including phenoxy) is 1. The molecule has 0 aliphatic carbocycles. The summed E-state index contributed by atoms with van der Waals surface area (Å²) in [5.74, 6) is -0.273. The zero-order valence-electron chi connectivity index (χ0n) is 25.9. The number of fused-ring (bicyclic) bond motifs is 2. The van der Waals surface area contributed by atoms with Gasteiger partial charge in [-0.2, -0.15) is 0 Å². The number of aliphatic hydroxyl groups is 1. The topological polar surface area (TPSA) is 134 Å². The lowest BCUT2D eigenvalue weighted by molar-refractivity contribution is -0.127. The van der Waals surface area contributed by atoms with Crippen LogP contribution in [0.3, 0.4) is 0 Å². The molecule has 5 N–H and O–H groups in total. The van der Waals surface area contributed by atoms with Crippen molar-refractivity contribution in [3.8, 4) is 5.75 Å². The Hall–Kier alpha value is -4.07. The van der Waals surface area contributed by atoms with Crippen molar-refractivity contribution in [2.75, 3.05) is 45.9 Å². The molecule has 4 heterocycles. The number of aliphatic hydroxyl groups excluding tert-OH is 1. The van der Waals surface area contributed by atoms with Crippen LogP contribution in [-0.2, 0) is 17.7 Å². The minimum absolute atomic E-state index is 0.0313. The third-order valence-electron chi connectivity index (χ3n) is 9.40. The summed E-state index contributed by atoms with van der Waals surface area (Å²) < 4.78 is 21.5. The van der Waals surface area contributed by atoms with Crippen LogP contribution in [0.1, 0.15) is 46.0 Å². The number of H-pyrrole nitrogens is 2. The molecule has 0 saturated carbocycles. The maximum Gasteiger partial charge on any atom is 0.305 e. The standard InChI is InChI=1S/C35H38FN5O5S/c36-26-16-22(5-9-37-19-30(43)27-2-4-29(42)31-32(27)47-34(45)39-31)15-23(17-26)20-40-11-7-35(8-12-40)21-41(13-14-46-35)33(44)25-1-3-28-24(18-25)6-10-38-28/h1-4,6,10,15-18,30,37-38,42-43H,5,7-9,11-14,19-21H2,(H,39,45)/t30-/m0/s1. The highest BCUT2D eigenvalue weighted by molar-refractivity contribution is 7.16. The number of carbonyl (C=O) groups is 1. The first kappa shape index (κ1) is 31.5. The van der Waals surface area contributed by atoms with Crippen LogP contribution in [0.4, 0.5) is 4.39 Å². The van der Waals surface area contributed by atoms with Crippen LogP contribution >= 0.6 is 11.3 Å². The lowest BCUT2D eigenvalue weighted by Crippen LogP contribution is -2.57. The third kappa shape index (κ3) is 6.83. The molecule has 0 unspecified atom stereocenters. The average molecular weight is 660 g/mol. The second kappa shape index (κ2) is 13.2. The summed E-state index contributed by atoms with van der Waals surface area (Å²) in [7, 11) is 0. The van der Waals surface area contributed by atoms with E-state index in [1.54, 1.807) is 18.2 Å². The SMILES string of the molecule is O=C(c1ccc2[nH]ccc2c1)N1CCOC2(CCN(Cc3cc(F)cc(CCNC[C@H](O)c4ccc(O)c5[nH]c(=O)sc45)c3)CC2)C1. The number of piperidine rings is 1. The number of benzene rings is 3. The Kier molecular flexibility index (Phi) is 8.86. The fourth-order valence-electron chi connectivity index (χ4n) is 6.90. The molecular formula is C35H38FN5O5S. The molecule has 246 valence electrons. The molecule has 2 aromatic heterocycles. The summed E-state index contributed by atoms with van der Waals surface area (Å²) in [4.78, 5) is 34.9. The van der Waals surface area contributed by atoms with E-state index in [9.17, 15) is 24.2 Å². The normalized spacial score (nSPS) is 17.5. The molecule has 2 fully saturated rings. The van der Waals surface area contributed by atoms with Crippen molar-refractivity contribution in [3.63, 3.8) is 0 Å². The average Bonchev–Trinajstić information content (AvgIpc) is 3.70. The molecule has 47 heavy (non-hydrogen) atoms. The number of aromatic amines is 2. The summed E-state index contributed by atoms with van der Waals surface area (Å²) in [6.45, 7) is 4.66. The fourth-order valence-corrected chi connectivity index (χ4v) is 7.82. The highest BCUT2D eigenvalue weighted by Gasteiger charge is 2.41. The van der Waals surface area contributed by atoms with Gasteiger partial charge in [-0.15, -0.1) is 0 Å². The third-order valence-corrected chi connectivity index (χ3v) is 10.3. The predicted octanol–water partition coefficient (Wildman–Crippen LogP) is 4.29. The number of amides is 1. The van der Waals surface area contributed by atoms with Gasteiger partial charge in [0.25, 0.3) is 5.91 Å². The smallest absolute Gasteiger partial charge is 0.305 e. The Morgan fingerprint density at radius 1 is 1.09 bits per heavy atom. The molecule has 7 rings (SSSR count). The zero-order valence-corrected chi connectivity index (χ0v) is 26.7. The highest BCUT2D eigenvalue weighted by Crippen LogP contribution is 2.33. The van der Waals surface area contributed by atoms with Crippen molar-refractivity contribution >= 4 is 38.4 Å². The Morgan fingerprint density at radius 3 is 2.77 bits per heavy atom. The first-order chi connectivity index (χ1) is 22.7. The number of likely N-dealkylation sites (tertiary alicyclic amines) is 1. The van der Waals surface area contributed by atoms with Crippen molar-refractivity contribution in [1.29, 1.82) is 0 Å². The molecule has 0 radical (unpaired) electrons. The number of carbonyl (C=O) groups excluding carboxylic acids is 1. The van der Waals surface area contributed by atoms with E-state index < -0.39 is 6.10 Å². The first-order valence-corrected chi connectivity index (χ1v) is 16.8. The molecule has 10 nitrogen and oxygen atoms in total. The number of phenols is 1. The number of hydrogen-bond donors (Lipinski definition) is 5. The van der Waals surface area contributed by atoms with E-state index in [2.05, 4.69) is 20.2 Å². The number of nitrogens with zero attached hydrogens (tertiary/aromatic N) is 2. The van der Waals surface area contributed by atoms with Crippen molar-refractivity contribution in [2.45, 2.75) is 37.5 Å². The van der Waals surface area contributed by atoms with Crippen molar-refractivity contribution in [1.82, 2.24) is 25.1 Å².